The zero-order chi connectivity index (χ0) is 25.3. The van der Waals surface area contributed by atoms with Gasteiger partial charge in [-0.05, 0) is 65.2 Å². The predicted octanol–water partition coefficient (Wildman–Crippen LogP) is 4.54. The average molecular weight is 506 g/mol. The highest BCUT2D eigenvalue weighted by atomic mass is 32.1. The lowest BCUT2D eigenvalue weighted by Crippen LogP contribution is -2.31. The lowest BCUT2D eigenvalue weighted by molar-refractivity contribution is 0.146. The van der Waals surface area contributed by atoms with Crippen LogP contribution in [0.15, 0.2) is 65.2 Å². The number of aryl methyl sites for hydroxylation is 2. The Balaban J connectivity index is 1.43. The van der Waals surface area contributed by atoms with Crippen LogP contribution in [0, 0.1) is 6.92 Å². The molecular weight excluding hydrogens is 474 g/mol. The first kappa shape index (κ1) is 25.4. The third-order valence-electron chi connectivity index (χ3n) is 5.84. The first-order chi connectivity index (χ1) is 17.6. The van der Waals surface area contributed by atoms with Crippen LogP contribution >= 0.6 is 11.3 Å². The van der Waals surface area contributed by atoms with E-state index < -0.39 is 0 Å². The van der Waals surface area contributed by atoms with Crippen LogP contribution in [0.2, 0.25) is 0 Å². The molecule has 8 nitrogen and oxygen atoms in total. The van der Waals surface area contributed by atoms with Crippen LogP contribution in [0.3, 0.4) is 0 Å². The van der Waals surface area contributed by atoms with E-state index in [1.54, 1.807) is 24.6 Å². The van der Waals surface area contributed by atoms with Gasteiger partial charge in [0.2, 0.25) is 5.88 Å². The Kier molecular flexibility index (Phi) is 8.72. The standard InChI is InChI=1S/C27H31N5O3S/c1-18-13-21(34-12-11-33-2)6-7-22(18)24-17-36-25-8-3-20(14-23(24)25)16-35-27-10-5-19(15-30-27)4-9-26(31-28)32-29/h3,5-8,10,13-15,17H,4,9,11-12,16,28-29H2,1-2H3,(H,31,32). The van der Waals surface area contributed by atoms with Crippen molar-refractivity contribution in [2.45, 2.75) is 26.4 Å². The maximum absolute atomic E-state index is 5.96. The summed E-state index contributed by atoms with van der Waals surface area (Å²) in [5.74, 6) is 12.6. The maximum atomic E-state index is 5.96. The van der Waals surface area contributed by atoms with Crippen molar-refractivity contribution in [2.75, 3.05) is 20.3 Å². The van der Waals surface area contributed by atoms with Crippen LogP contribution in [0.4, 0.5) is 0 Å². The van der Waals surface area contributed by atoms with E-state index in [4.69, 9.17) is 25.9 Å². The van der Waals surface area contributed by atoms with Crippen LogP contribution < -0.4 is 26.6 Å². The topological polar surface area (TPSA) is 117 Å². The Labute approximate surface area is 214 Å². The van der Waals surface area contributed by atoms with Crippen molar-refractivity contribution in [3.63, 3.8) is 0 Å². The number of hydrogen-bond acceptors (Lipinski definition) is 8. The largest absolute Gasteiger partial charge is 0.491 e. The molecule has 2 aromatic heterocycles. The van der Waals surface area contributed by atoms with Crippen molar-refractivity contribution in [3.8, 4) is 22.8 Å². The molecule has 9 heteroatoms. The van der Waals surface area contributed by atoms with Crippen LogP contribution in [-0.2, 0) is 17.8 Å². The molecule has 0 spiro atoms. The maximum Gasteiger partial charge on any atom is 0.213 e. The number of hydrazone groups is 1. The number of aromatic nitrogens is 1. The van der Waals surface area contributed by atoms with Gasteiger partial charge < -0.3 is 25.5 Å². The molecule has 2 heterocycles. The number of fused-ring (bicyclic) bond motifs is 1. The first-order valence-electron chi connectivity index (χ1n) is 11.6. The minimum atomic E-state index is 0.434. The number of ether oxygens (including phenoxy) is 3. The Morgan fingerprint density at radius 1 is 1.03 bits per heavy atom. The molecule has 4 aromatic rings. The Hall–Kier alpha value is -3.66. The number of rotatable bonds is 11. The van der Waals surface area contributed by atoms with Crippen molar-refractivity contribution in [3.05, 3.63) is 76.8 Å². The van der Waals surface area contributed by atoms with Gasteiger partial charge in [0.15, 0.2) is 0 Å². The van der Waals surface area contributed by atoms with E-state index in [1.165, 1.54) is 26.8 Å². The second-order valence-corrected chi connectivity index (χ2v) is 9.22. The monoisotopic (exact) mass is 505 g/mol. The summed E-state index contributed by atoms with van der Waals surface area (Å²) in [4.78, 5) is 4.42. The molecule has 0 saturated carbocycles. The molecule has 188 valence electrons. The van der Waals surface area contributed by atoms with E-state index in [0.717, 1.165) is 23.3 Å². The third-order valence-corrected chi connectivity index (χ3v) is 6.80. The van der Waals surface area contributed by atoms with Crippen LogP contribution in [-0.4, -0.2) is 31.1 Å². The SMILES string of the molecule is COCCOc1ccc(-c2csc3ccc(COc4ccc(CC/C(=N/N)NN)cn4)cc23)c(C)c1. The summed E-state index contributed by atoms with van der Waals surface area (Å²) in [5.41, 5.74) is 8.20. The summed E-state index contributed by atoms with van der Waals surface area (Å²) in [6.07, 6.45) is 3.14. The van der Waals surface area contributed by atoms with Gasteiger partial charge in [-0.2, -0.15) is 5.10 Å². The Morgan fingerprint density at radius 3 is 2.61 bits per heavy atom. The number of nitrogens with one attached hydrogen (secondary N) is 1. The van der Waals surface area contributed by atoms with Gasteiger partial charge in [-0.25, -0.2) is 10.8 Å². The highest BCUT2D eigenvalue weighted by Gasteiger charge is 2.11. The highest BCUT2D eigenvalue weighted by molar-refractivity contribution is 7.17. The predicted molar refractivity (Wildman–Crippen MR) is 145 cm³/mol. The smallest absolute Gasteiger partial charge is 0.213 e. The molecule has 0 unspecified atom stereocenters. The number of benzene rings is 2. The van der Waals surface area contributed by atoms with Crippen molar-refractivity contribution >= 4 is 27.3 Å². The van der Waals surface area contributed by atoms with Crippen molar-refractivity contribution in [1.82, 2.24) is 10.4 Å². The lowest BCUT2D eigenvalue weighted by Gasteiger charge is -2.11. The zero-order valence-corrected chi connectivity index (χ0v) is 21.3. The summed E-state index contributed by atoms with van der Waals surface area (Å²) < 4.78 is 18.0. The quantitative estimate of drug-likeness (QED) is 0.0900. The summed E-state index contributed by atoms with van der Waals surface area (Å²) in [6.45, 7) is 3.65. The number of pyridine rings is 1. The van der Waals surface area contributed by atoms with Crippen molar-refractivity contribution < 1.29 is 14.2 Å². The molecule has 0 radical (unpaired) electrons. The van der Waals surface area contributed by atoms with E-state index in [1.807, 2.05) is 18.2 Å². The molecule has 5 N–H and O–H groups in total. The molecule has 0 bridgehead atoms. The summed E-state index contributed by atoms with van der Waals surface area (Å²) in [5, 5.41) is 7.02. The molecule has 36 heavy (non-hydrogen) atoms. The number of hydrogen-bond donors (Lipinski definition) is 3. The molecule has 4 rings (SSSR count). The molecule has 2 aromatic carbocycles. The minimum Gasteiger partial charge on any atom is -0.491 e. The van der Waals surface area contributed by atoms with Gasteiger partial charge in [0.1, 0.15) is 24.8 Å². The number of amidine groups is 1. The highest BCUT2D eigenvalue weighted by Crippen LogP contribution is 2.37. The number of nitrogens with two attached hydrogens (primary N) is 2. The second kappa shape index (κ2) is 12.3. The number of nitrogens with zero attached hydrogens (tertiary/aromatic N) is 2. The fourth-order valence-electron chi connectivity index (χ4n) is 3.88. The zero-order valence-electron chi connectivity index (χ0n) is 20.5. The fraction of sp³-hybridized carbons (Fsp3) is 0.259. The molecule has 0 saturated heterocycles. The lowest BCUT2D eigenvalue weighted by atomic mass is 9.99. The van der Waals surface area contributed by atoms with Gasteiger partial charge in [-0.3, -0.25) is 0 Å². The molecular formula is C27H31N5O3S. The Morgan fingerprint density at radius 2 is 1.89 bits per heavy atom. The normalized spacial score (nSPS) is 11.6. The average Bonchev–Trinajstić information content (AvgIpc) is 3.32. The number of methoxy groups -OCH3 is 1. The molecule has 0 aliphatic rings. The van der Waals surface area contributed by atoms with Gasteiger partial charge in [0.25, 0.3) is 0 Å². The van der Waals surface area contributed by atoms with E-state index in [2.05, 4.69) is 58.1 Å². The summed E-state index contributed by atoms with van der Waals surface area (Å²) in [7, 11) is 1.67. The van der Waals surface area contributed by atoms with E-state index in [0.29, 0.717) is 38.0 Å². The van der Waals surface area contributed by atoms with Crippen molar-refractivity contribution in [1.29, 1.82) is 0 Å². The number of thiophene rings is 1. The second-order valence-electron chi connectivity index (χ2n) is 8.31. The van der Waals surface area contributed by atoms with E-state index in [9.17, 15) is 0 Å². The van der Waals surface area contributed by atoms with E-state index >= 15 is 0 Å². The van der Waals surface area contributed by atoms with Crippen molar-refractivity contribution in [2.24, 2.45) is 16.8 Å². The van der Waals surface area contributed by atoms with Crippen LogP contribution in [0.5, 0.6) is 11.6 Å². The molecule has 0 aliphatic carbocycles. The molecule has 0 fully saturated rings. The fourth-order valence-corrected chi connectivity index (χ4v) is 4.83. The van der Waals surface area contributed by atoms with Gasteiger partial charge in [0, 0.05) is 41.4 Å². The summed E-state index contributed by atoms with van der Waals surface area (Å²) >= 11 is 1.74. The van der Waals surface area contributed by atoms with Gasteiger partial charge in [-0.1, -0.05) is 18.2 Å². The van der Waals surface area contributed by atoms with Gasteiger partial charge >= 0.3 is 0 Å². The molecule has 0 amide bonds. The summed E-state index contributed by atoms with van der Waals surface area (Å²) in [6, 6.07) is 16.5. The molecule has 0 aliphatic heterocycles. The van der Waals surface area contributed by atoms with Crippen LogP contribution in [0.25, 0.3) is 21.2 Å². The van der Waals surface area contributed by atoms with Gasteiger partial charge in [0.05, 0.1) is 6.61 Å². The van der Waals surface area contributed by atoms with Crippen LogP contribution in [0.1, 0.15) is 23.1 Å². The minimum absolute atomic E-state index is 0.434. The Bertz CT molecular complexity index is 1320. The third kappa shape index (κ3) is 6.31. The van der Waals surface area contributed by atoms with Gasteiger partial charge in [-0.15, -0.1) is 11.3 Å². The first-order valence-corrected chi connectivity index (χ1v) is 12.5. The van der Waals surface area contributed by atoms with E-state index in [-0.39, 0.29) is 0 Å². The number of hydrazine groups is 1. The molecule has 0 atom stereocenters.